The van der Waals surface area contributed by atoms with Crippen molar-refractivity contribution in [1.82, 2.24) is 5.32 Å². The van der Waals surface area contributed by atoms with Gasteiger partial charge < -0.3 is 10.1 Å². The average molecular weight is 288 g/mol. The van der Waals surface area contributed by atoms with Crippen LogP contribution in [0.2, 0.25) is 5.02 Å². The number of rotatable bonds is 3. The molecule has 0 saturated heterocycles. The first-order valence-electron chi connectivity index (χ1n) is 6.82. The van der Waals surface area contributed by atoms with Gasteiger partial charge in [-0.25, -0.2) is 0 Å². The second kappa shape index (κ2) is 5.57. The minimum Gasteiger partial charge on any atom is -0.372 e. The lowest BCUT2D eigenvalue weighted by atomic mass is 9.93. The standard InChI is InChI=1S/C17H18ClNO/c1-11-3-6-15(18)8-16(11)17(19-2)12-4-5-13-9-20-10-14(13)7-12/h3-8,17,19H,9-10H2,1-2H3. The first-order chi connectivity index (χ1) is 9.69. The van der Waals surface area contributed by atoms with Crippen LogP contribution in [0.1, 0.15) is 33.9 Å². The van der Waals surface area contributed by atoms with Crippen LogP contribution < -0.4 is 5.32 Å². The highest BCUT2D eigenvalue weighted by Gasteiger charge is 2.18. The molecule has 1 aliphatic heterocycles. The minimum atomic E-state index is 0.152. The van der Waals surface area contributed by atoms with E-state index in [1.807, 2.05) is 19.2 Å². The number of hydrogen-bond acceptors (Lipinski definition) is 2. The summed E-state index contributed by atoms with van der Waals surface area (Å²) in [5.41, 5.74) is 6.31. The van der Waals surface area contributed by atoms with E-state index in [0.717, 1.165) is 11.6 Å². The molecule has 2 nitrogen and oxygen atoms in total. The average Bonchev–Trinajstić information content (AvgIpc) is 2.91. The zero-order valence-corrected chi connectivity index (χ0v) is 12.5. The van der Waals surface area contributed by atoms with E-state index in [0.29, 0.717) is 6.61 Å². The molecule has 1 heterocycles. The molecule has 20 heavy (non-hydrogen) atoms. The lowest BCUT2D eigenvalue weighted by Crippen LogP contribution is -2.19. The molecule has 1 aliphatic rings. The fourth-order valence-corrected chi connectivity index (χ4v) is 2.98. The molecule has 0 bridgehead atoms. The van der Waals surface area contributed by atoms with Crippen LogP contribution in [-0.4, -0.2) is 7.05 Å². The van der Waals surface area contributed by atoms with Crippen LogP contribution in [0.5, 0.6) is 0 Å². The van der Waals surface area contributed by atoms with Gasteiger partial charge in [0.15, 0.2) is 0 Å². The Hall–Kier alpha value is -1.35. The van der Waals surface area contributed by atoms with Crippen LogP contribution in [-0.2, 0) is 18.0 Å². The van der Waals surface area contributed by atoms with Crippen LogP contribution in [0.4, 0.5) is 0 Å². The summed E-state index contributed by atoms with van der Waals surface area (Å²) >= 11 is 6.15. The molecule has 0 fully saturated rings. The molecule has 0 spiro atoms. The Bertz CT molecular complexity index is 639. The Morgan fingerprint density at radius 3 is 2.70 bits per heavy atom. The molecule has 3 rings (SSSR count). The first kappa shape index (κ1) is 13.6. The molecule has 2 aromatic rings. The van der Waals surface area contributed by atoms with Crippen molar-refractivity contribution in [3.8, 4) is 0 Å². The van der Waals surface area contributed by atoms with Gasteiger partial charge in [-0.2, -0.15) is 0 Å². The molecule has 0 aliphatic carbocycles. The molecule has 0 radical (unpaired) electrons. The van der Waals surface area contributed by atoms with Crippen LogP contribution in [0.15, 0.2) is 36.4 Å². The van der Waals surface area contributed by atoms with Crippen molar-refractivity contribution in [2.24, 2.45) is 0 Å². The molecule has 2 aromatic carbocycles. The number of hydrogen-bond donors (Lipinski definition) is 1. The Labute approximate surface area is 124 Å². The van der Waals surface area contributed by atoms with Gasteiger partial charge in [-0.15, -0.1) is 0 Å². The van der Waals surface area contributed by atoms with Gasteiger partial charge in [-0.05, 0) is 53.9 Å². The molecule has 1 unspecified atom stereocenters. The van der Waals surface area contributed by atoms with Crippen molar-refractivity contribution in [2.45, 2.75) is 26.2 Å². The first-order valence-corrected chi connectivity index (χ1v) is 7.19. The second-order valence-corrected chi connectivity index (χ2v) is 5.68. The molecule has 1 N–H and O–H groups in total. The predicted molar refractivity (Wildman–Crippen MR) is 82.0 cm³/mol. The van der Waals surface area contributed by atoms with Crippen molar-refractivity contribution in [2.75, 3.05) is 7.05 Å². The molecule has 104 valence electrons. The van der Waals surface area contributed by atoms with Gasteiger partial charge in [0, 0.05) is 5.02 Å². The molecule has 3 heteroatoms. The lowest BCUT2D eigenvalue weighted by Gasteiger charge is -2.20. The topological polar surface area (TPSA) is 21.3 Å². The maximum Gasteiger partial charge on any atom is 0.0725 e. The normalized spacial score (nSPS) is 15.2. The van der Waals surface area contributed by atoms with E-state index in [9.17, 15) is 0 Å². The SMILES string of the molecule is CNC(c1ccc2c(c1)COC2)c1cc(Cl)ccc1C. The third kappa shape index (κ3) is 2.47. The summed E-state index contributed by atoms with van der Waals surface area (Å²) in [5.74, 6) is 0. The number of nitrogens with one attached hydrogen (secondary N) is 1. The molecule has 0 saturated carbocycles. The Balaban J connectivity index is 2.03. The highest BCUT2D eigenvalue weighted by Crippen LogP contribution is 2.30. The van der Waals surface area contributed by atoms with Crippen LogP contribution in [0, 0.1) is 6.92 Å². The smallest absolute Gasteiger partial charge is 0.0725 e. The molecule has 1 atom stereocenters. The van der Waals surface area contributed by atoms with E-state index in [1.165, 1.54) is 27.8 Å². The van der Waals surface area contributed by atoms with Crippen molar-refractivity contribution in [3.63, 3.8) is 0 Å². The second-order valence-electron chi connectivity index (χ2n) is 5.24. The van der Waals surface area contributed by atoms with Gasteiger partial charge in [0.2, 0.25) is 0 Å². The zero-order chi connectivity index (χ0) is 14.1. The zero-order valence-electron chi connectivity index (χ0n) is 11.7. The number of aryl methyl sites for hydroxylation is 1. The third-order valence-electron chi connectivity index (χ3n) is 3.92. The highest BCUT2D eigenvalue weighted by molar-refractivity contribution is 6.30. The molecule has 0 amide bonds. The van der Waals surface area contributed by atoms with Crippen molar-refractivity contribution < 1.29 is 4.74 Å². The van der Waals surface area contributed by atoms with E-state index in [2.05, 4.69) is 36.5 Å². The lowest BCUT2D eigenvalue weighted by molar-refractivity contribution is 0.134. The van der Waals surface area contributed by atoms with E-state index in [1.54, 1.807) is 0 Å². The minimum absolute atomic E-state index is 0.152. The van der Waals surface area contributed by atoms with Crippen LogP contribution in [0.25, 0.3) is 0 Å². The molecular formula is C17H18ClNO. The number of halogens is 1. The largest absolute Gasteiger partial charge is 0.372 e. The van der Waals surface area contributed by atoms with Gasteiger partial charge >= 0.3 is 0 Å². The predicted octanol–water partition coefficient (Wildman–Crippen LogP) is 3.99. The van der Waals surface area contributed by atoms with Gasteiger partial charge in [-0.3, -0.25) is 0 Å². The van der Waals surface area contributed by atoms with E-state index in [-0.39, 0.29) is 6.04 Å². The fourth-order valence-electron chi connectivity index (χ4n) is 2.80. The van der Waals surface area contributed by atoms with Crippen molar-refractivity contribution >= 4 is 11.6 Å². The summed E-state index contributed by atoms with van der Waals surface area (Å²) in [7, 11) is 1.98. The van der Waals surface area contributed by atoms with E-state index in [4.69, 9.17) is 16.3 Å². The quantitative estimate of drug-likeness (QED) is 0.922. The van der Waals surface area contributed by atoms with Gasteiger partial charge in [0.1, 0.15) is 0 Å². The van der Waals surface area contributed by atoms with Crippen LogP contribution in [0.3, 0.4) is 0 Å². The van der Waals surface area contributed by atoms with E-state index < -0.39 is 0 Å². The summed E-state index contributed by atoms with van der Waals surface area (Å²) in [5, 5.41) is 4.17. The summed E-state index contributed by atoms with van der Waals surface area (Å²) in [6, 6.07) is 12.8. The summed E-state index contributed by atoms with van der Waals surface area (Å²) < 4.78 is 5.49. The Morgan fingerprint density at radius 2 is 1.90 bits per heavy atom. The van der Waals surface area contributed by atoms with Gasteiger partial charge in [0.05, 0.1) is 19.3 Å². The van der Waals surface area contributed by atoms with Crippen LogP contribution >= 0.6 is 11.6 Å². The van der Waals surface area contributed by atoms with Crippen molar-refractivity contribution in [3.05, 3.63) is 69.2 Å². The summed E-state index contributed by atoms with van der Waals surface area (Å²) in [6.07, 6.45) is 0. The monoisotopic (exact) mass is 287 g/mol. The Morgan fingerprint density at radius 1 is 1.10 bits per heavy atom. The highest BCUT2D eigenvalue weighted by atomic mass is 35.5. The maximum atomic E-state index is 6.15. The number of fused-ring (bicyclic) bond motifs is 1. The summed E-state index contributed by atoms with van der Waals surface area (Å²) in [4.78, 5) is 0. The number of benzene rings is 2. The van der Waals surface area contributed by atoms with Crippen molar-refractivity contribution in [1.29, 1.82) is 0 Å². The molecule has 0 aromatic heterocycles. The van der Waals surface area contributed by atoms with Gasteiger partial charge in [-0.1, -0.05) is 35.9 Å². The molecular weight excluding hydrogens is 270 g/mol. The third-order valence-corrected chi connectivity index (χ3v) is 4.15. The maximum absolute atomic E-state index is 6.15. The fraction of sp³-hybridized carbons (Fsp3) is 0.294. The summed E-state index contributed by atoms with van der Waals surface area (Å²) in [6.45, 7) is 3.57. The number of ether oxygens (including phenoxy) is 1. The van der Waals surface area contributed by atoms with E-state index >= 15 is 0 Å². The Kier molecular flexibility index (Phi) is 3.79. The van der Waals surface area contributed by atoms with Gasteiger partial charge in [0.25, 0.3) is 0 Å².